The molecule has 6 nitrogen and oxygen atoms in total. The first-order valence-electron chi connectivity index (χ1n) is 8.35. The number of para-hydroxylation sites is 1. The zero-order valence-corrected chi connectivity index (χ0v) is 16.8. The molecule has 30 heavy (non-hydrogen) atoms. The van der Waals surface area contributed by atoms with Crippen LogP contribution in [0.5, 0.6) is 5.75 Å². The second-order valence-corrected chi connectivity index (χ2v) is 7.20. The molecule has 158 valence electrons. The Morgan fingerprint density at radius 3 is 2.47 bits per heavy atom. The molecule has 1 atom stereocenters. The number of halogens is 5. The molecule has 0 N–H and O–H groups in total. The Kier molecular flexibility index (Phi) is 5.96. The van der Waals surface area contributed by atoms with Crippen LogP contribution in [-0.4, -0.2) is 23.9 Å². The fourth-order valence-electron chi connectivity index (χ4n) is 3.03. The van der Waals surface area contributed by atoms with E-state index in [1.165, 1.54) is 43.5 Å². The molecule has 3 rings (SSSR count). The van der Waals surface area contributed by atoms with Gasteiger partial charge in [-0.05, 0) is 30.4 Å². The highest BCUT2D eigenvalue weighted by Gasteiger charge is 2.62. The van der Waals surface area contributed by atoms with Gasteiger partial charge in [-0.3, -0.25) is 10.1 Å². The van der Waals surface area contributed by atoms with Gasteiger partial charge in [-0.15, -0.1) is 0 Å². The van der Waals surface area contributed by atoms with Gasteiger partial charge >= 0.3 is 11.9 Å². The van der Waals surface area contributed by atoms with Crippen LogP contribution in [0.3, 0.4) is 0 Å². The summed E-state index contributed by atoms with van der Waals surface area (Å²) >= 11 is 11.7. The highest BCUT2D eigenvalue weighted by atomic mass is 35.5. The molecule has 1 aliphatic heterocycles. The van der Waals surface area contributed by atoms with Crippen molar-refractivity contribution in [3.8, 4) is 5.75 Å². The highest BCUT2D eigenvalue weighted by molar-refractivity contribution is 6.34. The Morgan fingerprint density at radius 2 is 1.90 bits per heavy atom. The maximum absolute atomic E-state index is 14.0. The Bertz CT molecular complexity index is 1040. The molecule has 0 saturated carbocycles. The summed E-state index contributed by atoms with van der Waals surface area (Å²) in [4.78, 5) is 15.4. The number of allylic oxidation sites excluding steroid dienone is 1. The summed E-state index contributed by atoms with van der Waals surface area (Å²) in [5, 5.41) is 14.7. The second-order valence-electron chi connectivity index (χ2n) is 6.32. The van der Waals surface area contributed by atoms with E-state index in [2.05, 4.69) is 5.16 Å². The van der Waals surface area contributed by atoms with E-state index in [9.17, 15) is 23.3 Å². The third kappa shape index (κ3) is 4.08. The van der Waals surface area contributed by atoms with Gasteiger partial charge in [0.1, 0.15) is 0 Å². The van der Waals surface area contributed by atoms with E-state index in [4.69, 9.17) is 32.8 Å². The van der Waals surface area contributed by atoms with Crippen LogP contribution < -0.4 is 4.74 Å². The summed E-state index contributed by atoms with van der Waals surface area (Å²) in [5.74, 6) is -0.0260. The second kappa shape index (κ2) is 8.16. The van der Waals surface area contributed by atoms with Gasteiger partial charge in [-0.2, -0.15) is 13.2 Å². The van der Waals surface area contributed by atoms with Crippen LogP contribution in [0.2, 0.25) is 10.0 Å². The van der Waals surface area contributed by atoms with Crippen LogP contribution in [0.1, 0.15) is 17.5 Å². The number of nitro benzene ring substituents is 1. The van der Waals surface area contributed by atoms with Crippen molar-refractivity contribution in [1.82, 2.24) is 0 Å². The van der Waals surface area contributed by atoms with Crippen LogP contribution in [0.25, 0.3) is 6.08 Å². The molecule has 0 bridgehead atoms. The summed E-state index contributed by atoms with van der Waals surface area (Å²) in [5.41, 5.74) is -3.05. The van der Waals surface area contributed by atoms with Crippen molar-refractivity contribution in [2.45, 2.75) is 18.2 Å². The number of nitro groups is 1. The molecule has 0 aliphatic carbocycles. The number of alkyl halides is 3. The molecule has 0 spiro atoms. The number of hydrogen-bond donors (Lipinski definition) is 0. The topological polar surface area (TPSA) is 74.0 Å². The van der Waals surface area contributed by atoms with Gasteiger partial charge in [0.25, 0.3) is 5.60 Å². The van der Waals surface area contributed by atoms with Crippen molar-refractivity contribution < 1.29 is 27.7 Å². The van der Waals surface area contributed by atoms with E-state index >= 15 is 0 Å². The smallest absolute Gasteiger partial charge is 0.435 e. The number of hydrogen-bond acceptors (Lipinski definition) is 5. The average molecular weight is 461 g/mol. The zero-order chi connectivity index (χ0) is 22.1. The maximum atomic E-state index is 14.0. The third-order valence-corrected chi connectivity index (χ3v) is 4.85. The van der Waals surface area contributed by atoms with Gasteiger partial charge in [0.2, 0.25) is 5.75 Å². The van der Waals surface area contributed by atoms with Crippen LogP contribution in [-0.2, 0) is 10.4 Å². The fraction of sp³-hybridized carbons (Fsp3) is 0.211. The highest BCUT2D eigenvalue weighted by Crippen LogP contribution is 2.49. The van der Waals surface area contributed by atoms with Crippen molar-refractivity contribution >= 4 is 40.7 Å². The molecule has 0 radical (unpaired) electrons. The van der Waals surface area contributed by atoms with E-state index < -0.39 is 23.1 Å². The van der Waals surface area contributed by atoms with E-state index in [0.717, 1.165) is 12.1 Å². The van der Waals surface area contributed by atoms with Crippen LogP contribution >= 0.6 is 23.2 Å². The molecule has 0 saturated heterocycles. The van der Waals surface area contributed by atoms with Gasteiger partial charge < -0.3 is 9.57 Å². The molecule has 1 unspecified atom stereocenters. The number of methoxy groups -OCH3 is 1. The van der Waals surface area contributed by atoms with E-state index in [0.29, 0.717) is 5.56 Å². The summed E-state index contributed by atoms with van der Waals surface area (Å²) < 4.78 is 46.9. The number of ether oxygens (including phenoxy) is 1. The molecular weight excluding hydrogens is 448 g/mol. The van der Waals surface area contributed by atoms with Crippen molar-refractivity contribution in [2.75, 3.05) is 7.11 Å². The quantitative estimate of drug-likeness (QED) is 0.395. The Balaban J connectivity index is 1.94. The summed E-state index contributed by atoms with van der Waals surface area (Å²) in [6, 6.07) is 7.75. The van der Waals surface area contributed by atoms with Gasteiger partial charge in [0, 0.05) is 33.7 Å². The van der Waals surface area contributed by atoms with Gasteiger partial charge in [-0.25, -0.2) is 0 Å². The Labute approximate surface area is 178 Å². The zero-order valence-electron chi connectivity index (χ0n) is 15.2. The Morgan fingerprint density at radius 1 is 1.23 bits per heavy atom. The van der Waals surface area contributed by atoms with Crippen LogP contribution in [0.15, 0.2) is 47.6 Å². The largest absolute Gasteiger partial charge is 0.490 e. The van der Waals surface area contributed by atoms with E-state index in [1.54, 1.807) is 0 Å². The lowest BCUT2D eigenvalue weighted by Crippen LogP contribution is -2.42. The maximum Gasteiger partial charge on any atom is 0.435 e. The van der Waals surface area contributed by atoms with Crippen molar-refractivity contribution in [2.24, 2.45) is 5.16 Å². The standard InChI is InChI=1S/C19H13Cl2F3N2O4/c1-29-17-11(3-2-4-16(17)26(27)28)5-6-15-10-18(30-25-15,19(22,23)24)12-7-13(20)9-14(21)8-12/h2-9H,10H2,1H3/b6-5+. The normalized spacial score (nSPS) is 18.9. The number of rotatable bonds is 5. The van der Waals surface area contributed by atoms with Gasteiger partial charge in [-0.1, -0.05) is 40.5 Å². The minimum absolute atomic E-state index is 0.0232. The van der Waals surface area contributed by atoms with E-state index in [-0.39, 0.29) is 32.8 Å². The predicted molar refractivity (Wildman–Crippen MR) is 106 cm³/mol. The number of oxime groups is 1. The van der Waals surface area contributed by atoms with E-state index in [1.807, 2.05) is 0 Å². The lowest BCUT2D eigenvalue weighted by molar-refractivity contribution is -0.385. The Hall–Kier alpha value is -2.78. The number of benzene rings is 2. The molecule has 0 amide bonds. The van der Waals surface area contributed by atoms with Gasteiger partial charge in [0.05, 0.1) is 17.7 Å². The molecule has 2 aromatic rings. The average Bonchev–Trinajstić information content (AvgIpc) is 3.11. The van der Waals surface area contributed by atoms with Crippen molar-refractivity contribution in [3.05, 3.63) is 73.8 Å². The van der Waals surface area contributed by atoms with Crippen molar-refractivity contribution in [1.29, 1.82) is 0 Å². The van der Waals surface area contributed by atoms with Gasteiger partial charge in [0.15, 0.2) is 0 Å². The fourth-order valence-corrected chi connectivity index (χ4v) is 3.55. The molecule has 0 fully saturated rings. The first kappa shape index (κ1) is 21.9. The summed E-state index contributed by atoms with van der Waals surface area (Å²) in [7, 11) is 1.26. The molecule has 0 aromatic heterocycles. The molecular formula is C19H13Cl2F3N2O4. The third-order valence-electron chi connectivity index (χ3n) is 4.42. The molecule has 1 heterocycles. The van der Waals surface area contributed by atoms with Crippen LogP contribution in [0.4, 0.5) is 18.9 Å². The minimum atomic E-state index is -4.82. The minimum Gasteiger partial charge on any atom is -0.490 e. The molecule has 1 aliphatic rings. The summed E-state index contributed by atoms with van der Waals surface area (Å²) in [6.07, 6.45) is -2.81. The monoisotopic (exact) mass is 460 g/mol. The van der Waals surface area contributed by atoms with Crippen molar-refractivity contribution in [3.63, 3.8) is 0 Å². The predicted octanol–water partition coefficient (Wildman–Crippen LogP) is 6.16. The molecule has 11 heteroatoms. The SMILES string of the molecule is COc1c(/C=C/C2=NOC(c3cc(Cl)cc(Cl)c3)(C(F)(F)F)C2)cccc1[N+](=O)[O-]. The first-order valence-corrected chi connectivity index (χ1v) is 9.11. The van der Waals surface area contributed by atoms with Crippen LogP contribution in [0, 0.1) is 10.1 Å². The first-order chi connectivity index (χ1) is 14.1. The lowest BCUT2D eigenvalue weighted by atomic mass is 9.88. The molecule has 2 aromatic carbocycles. The lowest BCUT2D eigenvalue weighted by Gasteiger charge is -2.29. The number of nitrogens with zero attached hydrogens (tertiary/aromatic N) is 2. The summed E-state index contributed by atoms with van der Waals surface area (Å²) in [6.45, 7) is 0.